The number of ether oxygens (including phenoxy) is 1. The van der Waals surface area contributed by atoms with Gasteiger partial charge in [0.2, 0.25) is 5.54 Å². The zero-order valence-corrected chi connectivity index (χ0v) is 16.1. The van der Waals surface area contributed by atoms with Gasteiger partial charge in [-0.05, 0) is 52.0 Å². The molecule has 1 heterocycles. The quantitative estimate of drug-likeness (QED) is 0.578. The summed E-state index contributed by atoms with van der Waals surface area (Å²) in [6.45, 7) is 6.62. The Labute approximate surface area is 159 Å². The minimum atomic E-state index is -1.36. The molecule has 0 radical (unpaired) electrons. The smallest absolute Gasteiger partial charge is 0.410 e. The van der Waals surface area contributed by atoms with Crippen LogP contribution in [0.15, 0.2) is 23.8 Å². The largest absolute Gasteiger partial charge is 0.478 e. The summed E-state index contributed by atoms with van der Waals surface area (Å²) in [7, 11) is 0. The lowest BCUT2D eigenvalue weighted by atomic mass is 9.79. The van der Waals surface area contributed by atoms with Crippen LogP contribution >= 0.6 is 0 Å². The van der Waals surface area contributed by atoms with Crippen molar-refractivity contribution in [2.75, 3.05) is 13.1 Å². The van der Waals surface area contributed by atoms with Crippen molar-refractivity contribution >= 4 is 12.1 Å². The minimum absolute atomic E-state index is 0.0638. The van der Waals surface area contributed by atoms with Gasteiger partial charge in [0.1, 0.15) is 5.60 Å². The zero-order valence-electron chi connectivity index (χ0n) is 16.1. The van der Waals surface area contributed by atoms with Crippen LogP contribution in [0.4, 0.5) is 4.79 Å². The van der Waals surface area contributed by atoms with Crippen LogP contribution in [-0.2, 0) is 9.53 Å². The standard InChI is InChI=1S/C19H28N2O6/c1-18(2,3)27-17(24)20-11-7-14(8-12-20)6-10-19(21(25)26)9-4-5-15(13-19)16(22)23/h4-5,9,14H,6-8,10-13H2,1-3H3,(H,22,23). The first-order chi connectivity index (χ1) is 12.5. The van der Waals surface area contributed by atoms with E-state index in [1.807, 2.05) is 20.8 Å². The van der Waals surface area contributed by atoms with Crippen LogP contribution in [0.5, 0.6) is 0 Å². The van der Waals surface area contributed by atoms with Crippen molar-refractivity contribution in [3.63, 3.8) is 0 Å². The number of carboxylic acids is 1. The second-order valence-corrected chi connectivity index (χ2v) is 8.34. The van der Waals surface area contributed by atoms with E-state index in [-0.39, 0.29) is 35.3 Å². The lowest BCUT2D eigenvalue weighted by Crippen LogP contribution is -2.43. The van der Waals surface area contributed by atoms with Gasteiger partial charge in [-0.25, -0.2) is 9.59 Å². The summed E-state index contributed by atoms with van der Waals surface area (Å²) in [4.78, 5) is 36.3. The predicted molar refractivity (Wildman–Crippen MR) is 99.0 cm³/mol. The molecule has 0 bridgehead atoms. The number of carboxylic acid groups (broad SMARTS) is 1. The molecule has 1 amide bonds. The molecule has 2 aliphatic rings. The Hall–Kier alpha value is -2.38. The number of carbonyl (C=O) groups is 2. The van der Waals surface area contributed by atoms with E-state index in [1.165, 1.54) is 18.2 Å². The van der Waals surface area contributed by atoms with Gasteiger partial charge in [-0.3, -0.25) is 10.1 Å². The van der Waals surface area contributed by atoms with Crippen molar-refractivity contribution in [1.82, 2.24) is 4.90 Å². The number of allylic oxidation sites excluding steroid dienone is 2. The number of rotatable bonds is 5. The Morgan fingerprint density at radius 1 is 1.37 bits per heavy atom. The van der Waals surface area contributed by atoms with E-state index < -0.39 is 17.1 Å². The summed E-state index contributed by atoms with van der Waals surface area (Å²) in [6.07, 6.45) is 6.42. The van der Waals surface area contributed by atoms with Crippen molar-refractivity contribution < 1.29 is 24.4 Å². The molecule has 1 aliphatic heterocycles. The Balaban J connectivity index is 1.89. The van der Waals surface area contributed by atoms with Crippen LogP contribution < -0.4 is 0 Å². The molecule has 27 heavy (non-hydrogen) atoms. The van der Waals surface area contributed by atoms with E-state index in [0.717, 1.165) is 12.8 Å². The summed E-state index contributed by atoms with van der Waals surface area (Å²) in [5.41, 5.74) is -1.83. The molecule has 8 heteroatoms. The van der Waals surface area contributed by atoms with E-state index in [0.29, 0.717) is 19.5 Å². The number of likely N-dealkylation sites (tertiary alicyclic amines) is 1. The van der Waals surface area contributed by atoms with Crippen molar-refractivity contribution in [2.45, 2.75) is 64.0 Å². The van der Waals surface area contributed by atoms with Gasteiger partial charge < -0.3 is 14.7 Å². The molecule has 8 nitrogen and oxygen atoms in total. The first kappa shape index (κ1) is 20.9. The van der Waals surface area contributed by atoms with Crippen molar-refractivity contribution in [3.05, 3.63) is 33.9 Å². The Morgan fingerprint density at radius 3 is 2.52 bits per heavy atom. The van der Waals surface area contributed by atoms with Gasteiger partial charge in [0.25, 0.3) is 0 Å². The number of aliphatic carboxylic acids is 1. The Morgan fingerprint density at radius 2 is 2.00 bits per heavy atom. The fraction of sp³-hybridized carbons (Fsp3) is 0.684. The lowest BCUT2D eigenvalue weighted by Gasteiger charge is -2.34. The summed E-state index contributed by atoms with van der Waals surface area (Å²) >= 11 is 0. The summed E-state index contributed by atoms with van der Waals surface area (Å²) in [5.74, 6) is -0.843. The molecule has 150 valence electrons. The topological polar surface area (TPSA) is 110 Å². The van der Waals surface area contributed by atoms with Crippen molar-refractivity contribution in [2.24, 2.45) is 5.92 Å². The number of nitrogens with zero attached hydrogens (tertiary/aromatic N) is 2. The fourth-order valence-corrected chi connectivity index (χ4v) is 3.51. The molecule has 1 saturated heterocycles. The van der Waals surface area contributed by atoms with Crippen LogP contribution in [0.1, 0.15) is 52.9 Å². The normalized spacial score (nSPS) is 23.7. The summed E-state index contributed by atoms with van der Waals surface area (Å²) < 4.78 is 5.38. The van der Waals surface area contributed by atoms with Gasteiger partial charge >= 0.3 is 12.1 Å². The highest BCUT2D eigenvalue weighted by Crippen LogP contribution is 2.34. The molecule has 1 unspecified atom stereocenters. The van der Waals surface area contributed by atoms with Crippen LogP contribution in [0, 0.1) is 16.0 Å². The van der Waals surface area contributed by atoms with Crippen LogP contribution in [-0.4, -0.2) is 51.2 Å². The second-order valence-electron chi connectivity index (χ2n) is 8.34. The van der Waals surface area contributed by atoms with Gasteiger partial charge in [-0.2, -0.15) is 0 Å². The molecule has 0 aromatic rings. The van der Waals surface area contributed by atoms with E-state index in [1.54, 1.807) is 4.90 Å². The molecule has 0 aromatic heterocycles. The minimum Gasteiger partial charge on any atom is -0.478 e. The highest BCUT2D eigenvalue weighted by Gasteiger charge is 2.43. The van der Waals surface area contributed by atoms with Gasteiger partial charge in [-0.15, -0.1) is 0 Å². The highest BCUT2D eigenvalue weighted by atomic mass is 16.6. The first-order valence-corrected chi connectivity index (χ1v) is 9.26. The second kappa shape index (κ2) is 8.10. The number of nitro groups is 1. The van der Waals surface area contributed by atoms with Crippen LogP contribution in [0.3, 0.4) is 0 Å². The molecular formula is C19H28N2O6. The molecule has 0 aromatic carbocycles. The van der Waals surface area contributed by atoms with E-state index in [4.69, 9.17) is 9.84 Å². The number of hydrogen-bond donors (Lipinski definition) is 1. The summed E-state index contributed by atoms with van der Waals surface area (Å²) in [5, 5.41) is 20.8. The van der Waals surface area contributed by atoms with E-state index in [9.17, 15) is 19.7 Å². The van der Waals surface area contributed by atoms with Gasteiger partial charge in [-0.1, -0.05) is 12.2 Å². The SMILES string of the molecule is CC(C)(C)OC(=O)N1CCC(CCC2([N+](=O)[O-])C=CC=C(C(=O)O)C2)CC1. The highest BCUT2D eigenvalue weighted by molar-refractivity contribution is 5.87. The number of amides is 1. The number of hydrogen-bond acceptors (Lipinski definition) is 5. The molecule has 1 atom stereocenters. The van der Waals surface area contributed by atoms with Gasteiger partial charge in [0.05, 0.1) is 6.42 Å². The van der Waals surface area contributed by atoms with Crippen molar-refractivity contribution in [3.8, 4) is 0 Å². The third-order valence-electron chi connectivity index (χ3n) is 5.09. The third kappa shape index (κ3) is 5.55. The number of carbonyl (C=O) groups excluding carboxylic acids is 1. The van der Waals surface area contributed by atoms with Crippen molar-refractivity contribution in [1.29, 1.82) is 0 Å². The molecular weight excluding hydrogens is 352 g/mol. The Kier molecular flexibility index (Phi) is 6.28. The van der Waals surface area contributed by atoms with Crippen LogP contribution in [0.25, 0.3) is 0 Å². The van der Waals surface area contributed by atoms with Crippen LogP contribution in [0.2, 0.25) is 0 Å². The maximum absolute atomic E-state index is 12.1. The van der Waals surface area contributed by atoms with Gasteiger partial charge in [0, 0.05) is 30.0 Å². The zero-order chi connectivity index (χ0) is 20.2. The molecule has 1 fully saturated rings. The predicted octanol–water partition coefficient (Wildman–Crippen LogP) is 3.40. The third-order valence-corrected chi connectivity index (χ3v) is 5.09. The number of piperidine rings is 1. The Bertz CT molecular complexity index is 656. The monoisotopic (exact) mass is 380 g/mol. The molecule has 2 rings (SSSR count). The fourth-order valence-electron chi connectivity index (χ4n) is 3.51. The lowest BCUT2D eigenvalue weighted by molar-refractivity contribution is -0.556. The summed E-state index contributed by atoms with van der Waals surface area (Å²) in [6, 6.07) is 0. The van der Waals surface area contributed by atoms with Gasteiger partial charge in [0.15, 0.2) is 0 Å². The molecule has 1 aliphatic carbocycles. The maximum atomic E-state index is 12.1. The molecule has 0 spiro atoms. The average molecular weight is 380 g/mol. The first-order valence-electron chi connectivity index (χ1n) is 9.26. The average Bonchev–Trinajstić information content (AvgIpc) is 2.59. The van der Waals surface area contributed by atoms with E-state index in [2.05, 4.69) is 0 Å². The van der Waals surface area contributed by atoms with E-state index >= 15 is 0 Å². The maximum Gasteiger partial charge on any atom is 0.410 e. The molecule has 0 saturated carbocycles. The molecule has 1 N–H and O–H groups in total.